The Morgan fingerprint density at radius 2 is 1.95 bits per heavy atom. The van der Waals surface area contributed by atoms with E-state index in [0.717, 1.165) is 17.9 Å². The monoisotopic (exact) mass is 262 g/mol. The molecule has 102 valence electrons. The van der Waals surface area contributed by atoms with Crippen molar-refractivity contribution in [3.05, 3.63) is 23.8 Å². The molecule has 0 aromatic heterocycles. The second-order valence-corrected chi connectivity index (χ2v) is 5.01. The van der Waals surface area contributed by atoms with E-state index >= 15 is 0 Å². The Bertz CT molecular complexity index is 473. The largest absolute Gasteiger partial charge is 0.385 e. The lowest BCUT2D eigenvalue weighted by molar-refractivity contribution is -0.00463. The predicted octanol–water partition coefficient (Wildman–Crippen LogP) is 3.29. The van der Waals surface area contributed by atoms with Crippen molar-refractivity contribution in [3.63, 3.8) is 0 Å². The normalized spacial score (nSPS) is 19.6. The highest BCUT2D eigenvalue weighted by Crippen LogP contribution is 2.32. The molecule has 0 fully saturated rings. The number of carbonyl (C=O) groups excluding carboxylic acids is 2. The van der Waals surface area contributed by atoms with Gasteiger partial charge in [0.15, 0.2) is 0 Å². The zero-order chi connectivity index (χ0) is 14.0. The van der Waals surface area contributed by atoms with Crippen molar-refractivity contribution in [1.82, 2.24) is 10.0 Å². The van der Waals surface area contributed by atoms with Crippen LogP contribution in [0.2, 0.25) is 0 Å². The molecular weight excluding hydrogens is 244 g/mol. The minimum absolute atomic E-state index is 0.430. The minimum atomic E-state index is -0.619. The number of azo groups is 1. The van der Waals surface area contributed by atoms with Gasteiger partial charge in [0.05, 0.1) is 5.54 Å². The van der Waals surface area contributed by atoms with Crippen molar-refractivity contribution in [2.24, 2.45) is 10.2 Å². The average Bonchev–Trinajstić information content (AvgIpc) is 2.72. The zero-order valence-corrected chi connectivity index (χ0v) is 11.5. The van der Waals surface area contributed by atoms with E-state index in [1.807, 2.05) is 32.9 Å². The van der Waals surface area contributed by atoms with Crippen LogP contribution in [0.25, 0.3) is 0 Å². The molecule has 2 rings (SSSR count). The molecule has 0 unspecified atom stereocenters. The number of hydrazine groups is 1. The lowest BCUT2D eigenvalue weighted by Gasteiger charge is -2.42. The molecule has 0 aromatic rings. The van der Waals surface area contributed by atoms with Gasteiger partial charge in [-0.25, -0.2) is 9.59 Å². The summed E-state index contributed by atoms with van der Waals surface area (Å²) in [6, 6.07) is -1.24. The van der Waals surface area contributed by atoms with E-state index in [0.29, 0.717) is 6.54 Å². The van der Waals surface area contributed by atoms with Crippen molar-refractivity contribution >= 4 is 12.1 Å². The highest BCUT2D eigenvalue weighted by Gasteiger charge is 2.41. The number of likely N-dealkylation sites (N-methyl/N-ethyl adjacent to an activating group) is 1. The first kappa shape index (κ1) is 13.6. The van der Waals surface area contributed by atoms with Crippen molar-refractivity contribution in [1.29, 1.82) is 0 Å². The topological polar surface area (TPSA) is 65.3 Å². The summed E-state index contributed by atoms with van der Waals surface area (Å²) in [5.74, 6) is 0. The maximum absolute atomic E-state index is 11.7. The fourth-order valence-corrected chi connectivity index (χ4v) is 2.52. The van der Waals surface area contributed by atoms with Gasteiger partial charge < -0.3 is 0 Å². The molecule has 1 heterocycles. The summed E-state index contributed by atoms with van der Waals surface area (Å²) in [7, 11) is 0. The highest BCUT2D eigenvalue weighted by atomic mass is 16.2. The molecular formula is C13H18N4O2. The van der Waals surface area contributed by atoms with Crippen LogP contribution in [-0.4, -0.2) is 34.2 Å². The van der Waals surface area contributed by atoms with Gasteiger partial charge in [-0.05, 0) is 32.3 Å². The summed E-state index contributed by atoms with van der Waals surface area (Å²) in [5.41, 5.74) is 0.754. The first-order chi connectivity index (χ1) is 8.98. The Morgan fingerprint density at radius 3 is 2.42 bits per heavy atom. The highest BCUT2D eigenvalue weighted by molar-refractivity contribution is 5.97. The smallest absolute Gasteiger partial charge is 0.242 e. The molecule has 0 saturated carbocycles. The maximum Gasteiger partial charge on any atom is 0.385 e. The van der Waals surface area contributed by atoms with E-state index in [4.69, 9.17) is 0 Å². The maximum atomic E-state index is 11.7. The van der Waals surface area contributed by atoms with Crippen LogP contribution in [-0.2, 0) is 0 Å². The van der Waals surface area contributed by atoms with Crippen molar-refractivity contribution in [2.45, 2.75) is 39.2 Å². The predicted molar refractivity (Wildman–Crippen MR) is 70.4 cm³/mol. The average molecular weight is 262 g/mol. The van der Waals surface area contributed by atoms with Crippen LogP contribution in [0.1, 0.15) is 33.6 Å². The van der Waals surface area contributed by atoms with Gasteiger partial charge in [-0.2, -0.15) is 10.0 Å². The van der Waals surface area contributed by atoms with Gasteiger partial charge in [-0.1, -0.05) is 35.4 Å². The second-order valence-electron chi connectivity index (χ2n) is 5.01. The molecule has 1 aliphatic carbocycles. The Kier molecular flexibility index (Phi) is 3.61. The summed E-state index contributed by atoms with van der Waals surface area (Å²) in [6.45, 7) is 6.43. The fraction of sp³-hybridized carbons (Fsp3) is 0.538. The molecule has 6 nitrogen and oxygen atoms in total. The van der Waals surface area contributed by atoms with Crippen LogP contribution >= 0.6 is 0 Å². The number of hydrogen-bond donors (Lipinski definition) is 0. The third kappa shape index (κ3) is 2.35. The molecule has 1 aliphatic heterocycles. The SMILES string of the molecule is CCN(N1C(=O)N=NC1=O)C(C)(C)C1=CC=CCC1. The number of amides is 4. The molecule has 0 saturated heterocycles. The van der Waals surface area contributed by atoms with Crippen LogP contribution in [0, 0.1) is 0 Å². The number of nitrogens with zero attached hydrogens (tertiary/aromatic N) is 4. The first-order valence-electron chi connectivity index (χ1n) is 6.42. The van der Waals surface area contributed by atoms with E-state index in [2.05, 4.69) is 16.3 Å². The first-order valence-corrected chi connectivity index (χ1v) is 6.42. The van der Waals surface area contributed by atoms with Crippen molar-refractivity contribution in [3.8, 4) is 0 Å². The lowest BCUT2D eigenvalue weighted by atomic mass is 9.87. The molecule has 4 amide bonds. The van der Waals surface area contributed by atoms with Gasteiger partial charge in [-0.3, -0.25) is 0 Å². The summed E-state index contributed by atoms with van der Waals surface area (Å²) in [6.07, 6.45) is 8.06. The van der Waals surface area contributed by atoms with Crippen molar-refractivity contribution < 1.29 is 9.59 Å². The van der Waals surface area contributed by atoms with Crippen LogP contribution in [0.4, 0.5) is 9.59 Å². The lowest BCUT2D eigenvalue weighted by Crippen LogP contribution is -2.56. The molecule has 2 aliphatic rings. The summed E-state index contributed by atoms with van der Waals surface area (Å²) >= 11 is 0. The standard InChI is InChI=1S/C13H18N4O2/c1-4-16(17-11(18)14-15-12(17)19)13(2,3)10-8-6-5-7-9-10/h5-6,8H,4,7,9H2,1-3H3. The Morgan fingerprint density at radius 1 is 1.32 bits per heavy atom. The molecule has 0 radical (unpaired) electrons. The van der Waals surface area contributed by atoms with Gasteiger partial charge in [0.2, 0.25) is 0 Å². The number of hydrogen-bond acceptors (Lipinski definition) is 3. The molecule has 0 spiro atoms. The molecule has 0 N–H and O–H groups in total. The van der Waals surface area contributed by atoms with Crippen molar-refractivity contribution in [2.75, 3.05) is 6.54 Å². The van der Waals surface area contributed by atoms with Crippen LogP contribution < -0.4 is 0 Å². The quantitative estimate of drug-likeness (QED) is 0.780. The molecule has 0 atom stereocenters. The zero-order valence-electron chi connectivity index (χ0n) is 11.5. The number of allylic oxidation sites excluding steroid dienone is 3. The number of carbonyl (C=O) groups is 2. The summed E-state index contributed by atoms with van der Waals surface area (Å²) < 4.78 is 0. The number of imide groups is 1. The van der Waals surface area contributed by atoms with Gasteiger partial charge in [0, 0.05) is 6.54 Å². The second kappa shape index (κ2) is 5.05. The minimum Gasteiger partial charge on any atom is -0.242 e. The molecule has 0 bridgehead atoms. The third-order valence-corrected chi connectivity index (χ3v) is 3.57. The Labute approximate surface area is 112 Å². The summed E-state index contributed by atoms with van der Waals surface area (Å²) in [4.78, 5) is 23.4. The Balaban J connectivity index is 2.30. The molecule has 6 heteroatoms. The van der Waals surface area contributed by atoms with Crippen LogP contribution in [0.5, 0.6) is 0 Å². The number of urea groups is 2. The number of rotatable bonds is 4. The third-order valence-electron chi connectivity index (χ3n) is 3.57. The van der Waals surface area contributed by atoms with E-state index < -0.39 is 17.6 Å². The summed E-state index contributed by atoms with van der Waals surface area (Å²) in [5, 5.41) is 9.38. The fourth-order valence-electron chi connectivity index (χ4n) is 2.52. The van der Waals surface area contributed by atoms with E-state index in [9.17, 15) is 9.59 Å². The van der Waals surface area contributed by atoms with Gasteiger partial charge in [0.25, 0.3) is 0 Å². The van der Waals surface area contributed by atoms with Gasteiger partial charge in [0.1, 0.15) is 0 Å². The molecule has 0 aromatic carbocycles. The van der Waals surface area contributed by atoms with E-state index in [1.165, 1.54) is 5.57 Å². The van der Waals surface area contributed by atoms with Crippen LogP contribution in [0.3, 0.4) is 0 Å². The van der Waals surface area contributed by atoms with Gasteiger partial charge >= 0.3 is 12.1 Å². The van der Waals surface area contributed by atoms with Gasteiger partial charge in [-0.15, -0.1) is 0 Å². The van der Waals surface area contributed by atoms with E-state index in [1.54, 1.807) is 5.01 Å². The molecule has 19 heavy (non-hydrogen) atoms. The Hall–Kier alpha value is -1.82. The van der Waals surface area contributed by atoms with E-state index in [-0.39, 0.29) is 0 Å². The van der Waals surface area contributed by atoms with Crippen LogP contribution in [0.15, 0.2) is 34.0 Å².